The highest BCUT2D eigenvalue weighted by molar-refractivity contribution is 6.08. The van der Waals surface area contributed by atoms with Crippen molar-refractivity contribution in [3.05, 3.63) is 47.2 Å². The molecule has 1 heterocycles. The molecule has 6 nitrogen and oxygen atoms in total. The van der Waals surface area contributed by atoms with Gasteiger partial charge in [-0.2, -0.15) is 0 Å². The number of aliphatic hydroxyl groups is 1. The lowest BCUT2D eigenvalue weighted by Crippen LogP contribution is -2.35. The van der Waals surface area contributed by atoms with Crippen LogP contribution in [0.3, 0.4) is 0 Å². The Morgan fingerprint density at radius 3 is 2.35 bits per heavy atom. The van der Waals surface area contributed by atoms with E-state index in [9.17, 15) is 19.5 Å². The van der Waals surface area contributed by atoms with Crippen LogP contribution < -0.4 is 0 Å². The van der Waals surface area contributed by atoms with Crippen molar-refractivity contribution in [1.82, 2.24) is 4.90 Å². The molecule has 104 valence electrons. The van der Waals surface area contributed by atoms with Crippen LogP contribution in [0.1, 0.15) is 18.5 Å². The maximum Gasteiger partial charge on any atom is 0.323 e. The van der Waals surface area contributed by atoms with Crippen LogP contribution in [0.4, 0.5) is 0 Å². The summed E-state index contributed by atoms with van der Waals surface area (Å²) in [5.41, 5.74) is 0.513. The topological polar surface area (TPSA) is 94.9 Å². The van der Waals surface area contributed by atoms with E-state index in [-0.39, 0.29) is 5.57 Å². The summed E-state index contributed by atoms with van der Waals surface area (Å²) < 4.78 is 0. The Morgan fingerprint density at radius 2 is 1.85 bits per heavy atom. The summed E-state index contributed by atoms with van der Waals surface area (Å²) in [5.74, 6) is -3.19. The van der Waals surface area contributed by atoms with Crippen molar-refractivity contribution < 1.29 is 24.6 Å². The molecule has 0 aliphatic carbocycles. The van der Waals surface area contributed by atoms with Gasteiger partial charge in [-0.3, -0.25) is 14.4 Å². The largest absolute Gasteiger partial charge is 0.503 e. The molecule has 0 fully saturated rings. The molecule has 0 radical (unpaired) electrons. The number of Topliss-reactive ketones (excluding diaryl/α,β-unsaturated/α-hetero) is 1. The lowest BCUT2D eigenvalue weighted by Gasteiger charge is -2.24. The summed E-state index contributed by atoms with van der Waals surface area (Å²) >= 11 is 0. The van der Waals surface area contributed by atoms with Crippen LogP contribution in [0.5, 0.6) is 0 Å². The van der Waals surface area contributed by atoms with E-state index in [2.05, 4.69) is 0 Å². The van der Waals surface area contributed by atoms with Gasteiger partial charge < -0.3 is 15.1 Å². The minimum atomic E-state index is -1.21. The molecule has 0 spiro atoms. The smallest absolute Gasteiger partial charge is 0.323 e. The van der Waals surface area contributed by atoms with Gasteiger partial charge >= 0.3 is 5.97 Å². The van der Waals surface area contributed by atoms with Crippen molar-refractivity contribution in [2.75, 3.05) is 6.54 Å². The summed E-state index contributed by atoms with van der Waals surface area (Å²) in [4.78, 5) is 35.5. The van der Waals surface area contributed by atoms with Gasteiger partial charge in [0, 0.05) is 0 Å². The number of carboxylic acid groups (broad SMARTS) is 1. The molecular formula is C14H13NO5. The second-order valence-electron chi connectivity index (χ2n) is 4.46. The molecule has 2 N–H and O–H groups in total. The number of aliphatic carboxylic acids is 1. The molecule has 1 aliphatic rings. The average molecular weight is 275 g/mol. The lowest BCUT2D eigenvalue weighted by atomic mass is 9.97. The number of ketones is 1. The van der Waals surface area contributed by atoms with Crippen LogP contribution in [-0.2, 0) is 14.4 Å². The monoisotopic (exact) mass is 275 g/mol. The first-order valence-corrected chi connectivity index (χ1v) is 5.95. The molecule has 0 aromatic heterocycles. The molecule has 0 unspecified atom stereocenters. The number of hydrogen-bond donors (Lipinski definition) is 2. The molecule has 1 atom stereocenters. The standard InChI is InChI=1S/C14H13NO5/c1-8(16)11-12(9-5-3-2-4-6-9)15(7-10(17)18)14(20)13(11)19/h2-6,12,19H,7H2,1H3,(H,17,18)/t12-/m1/s1. The van der Waals surface area contributed by atoms with E-state index >= 15 is 0 Å². The van der Waals surface area contributed by atoms with Crippen LogP contribution in [0.15, 0.2) is 41.7 Å². The highest BCUT2D eigenvalue weighted by Gasteiger charge is 2.42. The van der Waals surface area contributed by atoms with E-state index < -0.39 is 36.0 Å². The Kier molecular flexibility index (Phi) is 3.56. The predicted molar refractivity (Wildman–Crippen MR) is 68.9 cm³/mol. The second kappa shape index (κ2) is 5.16. The van der Waals surface area contributed by atoms with E-state index in [0.717, 1.165) is 4.90 Å². The molecule has 1 aromatic rings. The number of aliphatic hydroxyl groups excluding tert-OH is 1. The van der Waals surface area contributed by atoms with Crippen molar-refractivity contribution in [1.29, 1.82) is 0 Å². The summed E-state index contributed by atoms with van der Waals surface area (Å²) in [5, 5.41) is 18.7. The summed E-state index contributed by atoms with van der Waals surface area (Å²) in [6.07, 6.45) is 0. The maximum absolute atomic E-state index is 11.9. The van der Waals surface area contributed by atoms with E-state index in [1.807, 2.05) is 0 Å². The van der Waals surface area contributed by atoms with Gasteiger partial charge in [-0.1, -0.05) is 30.3 Å². The molecule has 0 saturated heterocycles. The second-order valence-corrected chi connectivity index (χ2v) is 4.46. The van der Waals surface area contributed by atoms with Crippen molar-refractivity contribution >= 4 is 17.7 Å². The van der Waals surface area contributed by atoms with Gasteiger partial charge in [-0.05, 0) is 12.5 Å². The number of rotatable bonds is 4. The number of carbonyl (C=O) groups is 3. The van der Waals surface area contributed by atoms with Crippen LogP contribution in [0.25, 0.3) is 0 Å². The quantitative estimate of drug-likeness (QED) is 0.856. The SMILES string of the molecule is CC(=O)C1=C(O)C(=O)N(CC(=O)O)[C@@H]1c1ccccc1. The van der Waals surface area contributed by atoms with Crippen LogP contribution in [0, 0.1) is 0 Å². The minimum Gasteiger partial charge on any atom is -0.503 e. The van der Waals surface area contributed by atoms with Crippen molar-refractivity contribution in [2.45, 2.75) is 13.0 Å². The molecule has 20 heavy (non-hydrogen) atoms. The first-order valence-electron chi connectivity index (χ1n) is 5.95. The zero-order valence-electron chi connectivity index (χ0n) is 10.7. The third kappa shape index (κ3) is 2.27. The third-order valence-corrected chi connectivity index (χ3v) is 3.10. The molecule has 6 heteroatoms. The molecular weight excluding hydrogens is 262 g/mol. The highest BCUT2D eigenvalue weighted by atomic mass is 16.4. The number of hydrogen-bond acceptors (Lipinski definition) is 4. The zero-order chi connectivity index (χ0) is 14.9. The molecule has 1 aromatic carbocycles. The van der Waals surface area contributed by atoms with E-state index in [1.54, 1.807) is 30.3 Å². The maximum atomic E-state index is 11.9. The van der Waals surface area contributed by atoms with Gasteiger partial charge in [-0.15, -0.1) is 0 Å². The molecule has 1 amide bonds. The molecule has 0 bridgehead atoms. The zero-order valence-corrected chi connectivity index (χ0v) is 10.7. The third-order valence-electron chi connectivity index (χ3n) is 3.10. The summed E-state index contributed by atoms with van der Waals surface area (Å²) in [6, 6.07) is 7.68. The molecule has 2 rings (SSSR count). The van der Waals surface area contributed by atoms with Crippen molar-refractivity contribution in [3.63, 3.8) is 0 Å². The number of carbonyl (C=O) groups excluding carboxylic acids is 2. The minimum absolute atomic E-state index is 0.0672. The van der Waals surface area contributed by atoms with Crippen LogP contribution in [-0.4, -0.2) is 39.3 Å². The number of carboxylic acids is 1. The normalized spacial score (nSPS) is 18.6. The van der Waals surface area contributed by atoms with Gasteiger partial charge in [0.2, 0.25) is 0 Å². The van der Waals surface area contributed by atoms with Gasteiger partial charge in [0.1, 0.15) is 6.54 Å². The lowest BCUT2D eigenvalue weighted by molar-refractivity contribution is -0.144. The molecule has 1 aliphatic heterocycles. The fourth-order valence-electron chi connectivity index (χ4n) is 2.30. The van der Waals surface area contributed by atoms with Crippen LogP contribution >= 0.6 is 0 Å². The Labute approximate surface area is 114 Å². The van der Waals surface area contributed by atoms with Gasteiger partial charge in [0.05, 0.1) is 11.6 Å². The summed E-state index contributed by atoms with van der Waals surface area (Å²) in [7, 11) is 0. The predicted octanol–water partition coefficient (Wildman–Crippen LogP) is 1.06. The number of benzene rings is 1. The van der Waals surface area contributed by atoms with Gasteiger partial charge in [-0.25, -0.2) is 0 Å². The highest BCUT2D eigenvalue weighted by Crippen LogP contribution is 2.37. The Morgan fingerprint density at radius 1 is 1.25 bits per heavy atom. The fraction of sp³-hybridized carbons (Fsp3) is 0.214. The van der Waals surface area contributed by atoms with Crippen LogP contribution in [0.2, 0.25) is 0 Å². The van der Waals surface area contributed by atoms with E-state index in [0.29, 0.717) is 5.56 Å². The Hall–Kier alpha value is -2.63. The van der Waals surface area contributed by atoms with Crippen molar-refractivity contribution in [2.24, 2.45) is 0 Å². The van der Waals surface area contributed by atoms with Gasteiger partial charge in [0.25, 0.3) is 5.91 Å². The van der Waals surface area contributed by atoms with E-state index in [4.69, 9.17) is 5.11 Å². The molecule has 0 saturated carbocycles. The van der Waals surface area contributed by atoms with Crippen molar-refractivity contribution in [3.8, 4) is 0 Å². The summed E-state index contributed by atoms with van der Waals surface area (Å²) in [6.45, 7) is 0.651. The Bertz CT molecular complexity index is 605. The number of amides is 1. The first-order chi connectivity index (χ1) is 9.43. The fourth-order valence-corrected chi connectivity index (χ4v) is 2.30. The van der Waals surface area contributed by atoms with Gasteiger partial charge in [0.15, 0.2) is 11.5 Å². The Balaban J connectivity index is 2.53. The van der Waals surface area contributed by atoms with E-state index in [1.165, 1.54) is 6.92 Å². The number of nitrogens with zero attached hydrogens (tertiary/aromatic N) is 1. The average Bonchev–Trinajstić information content (AvgIpc) is 2.64. The first kappa shape index (κ1) is 13.8.